The van der Waals surface area contributed by atoms with Crippen LogP contribution in [0, 0.1) is 30.9 Å². The number of rotatable bonds is 5. The number of thiazole rings is 1. The van der Waals surface area contributed by atoms with E-state index < -0.39 is 4.92 Å². The van der Waals surface area contributed by atoms with E-state index in [0.29, 0.717) is 29.4 Å². The molecule has 30 heavy (non-hydrogen) atoms. The molecule has 2 aromatic carbocycles. The van der Waals surface area contributed by atoms with E-state index in [4.69, 9.17) is 9.72 Å². The van der Waals surface area contributed by atoms with Gasteiger partial charge in [-0.1, -0.05) is 29.5 Å². The first-order valence-electron chi connectivity index (χ1n) is 9.91. The Bertz CT molecular complexity index is 1100. The molecule has 1 amide bonds. The molecule has 1 fully saturated rings. The number of benzene rings is 2. The molecule has 0 aliphatic carbocycles. The van der Waals surface area contributed by atoms with Crippen LogP contribution in [0.25, 0.3) is 10.2 Å². The van der Waals surface area contributed by atoms with Crippen molar-refractivity contribution in [3.8, 4) is 0 Å². The summed E-state index contributed by atoms with van der Waals surface area (Å²) in [5, 5.41) is 11.9. The smallest absolute Gasteiger partial charge is 0.273 e. The van der Waals surface area contributed by atoms with Crippen molar-refractivity contribution in [2.24, 2.45) is 0 Å². The molecular formula is C22H23N3O4S. The van der Waals surface area contributed by atoms with Crippen LogP contribution in [-0.2, 0) is 4.74 Å². The predicted octanol–water partition coefficient (Wildman–Crippen LogP) is 4.96. The Balaban J connectivity index is 1.80. The van der Waals surface area contributed by atoms with Crippen molar-refractivity contribution in [1.29, 1.82) is 0 Å². The van der Waals surface area contributed by atoms with Crippen molar-refractivity contribution in [3.05, 3.63) is 62.7 Å². The molecule has 1 unspecified atom stereocenters. The third kappa shape index (κ3) is 3.68. The summed E-state index contributed by atoms with van der Waals surface area (Å²) in [5.74, 6) is -0.291. The molecular weight excluding hydrogens is 402 g/mol. The van der Waals surface area contributed by atoms with E-state index in [0.717, 1.165) is 34.2 Å². The Labute approximate surface area is 178 Å². The number of aromatic nitrogens is 1. The number of hydrogen-bond donors (Lipinski definition) is 0. The van der Waals surface area contributed by atoms with Gasteiger partial charge in [0.2, 0.25) is 0 Å². The molecule has 1 aromatic heterocycles. The predicted molar refractivity (Wildman–Crippen MR) is 118 cm³/mol. The summed E-state index contributed by atoms with van der Waals surface area (Å²) < 4.78 is 6.83. The Kier molecular flexibility index (Phi) is 5.53. The van der Waals surface area contributed by atoms with Gasteiger partial charge in [-0.3, -0.25) is 19.8 Å². The molecule has 1 aliphatic heterocycles. The minimum Gasteiger partial charge on any atom is -0.376 e. The van der Waals surface area contributed by atoms with Crippen LogP contribution in [0.1, 0.15) is 39.9 Å². The average molecular weight is 426 g/mol. The molecule has 7 nitrogen and oxygen atoms in total. The van der Waals surface area contributed by atoms with Gasteiger partial charge >= 0.3 is 0 Å². The first-order chi connectivity index (χ1) is 14.4. The van der Waals surface area contributed by atoms with E-state index in [1.165, 1.54) is 17.4 Å². The number of carbonyl (C=O) groups excluding carboxylic acids is 1. The highest BCUT2D eigenvalue weighted by molar-refractivity contribution is 7.22. The fourth-order valence-electron chi connectivity index (χ4n) is 3.80. The van der Waals surface area contributed by atoms with E-state index in [-0.39, 0.29) is 17.7 Å². The fraction of sp³-hybridized carbons (Fsp3) is 0.364. The third-order valence-electron chi connectivity index (χ3n) is 5.55. The summed E-state index contributed by atoms with van der Waals surface area (Å²) in [4.78, 5) is 30.9. The zero-order valence-electron chi connectivity index (χ0n) is 17.2. The molecule has 4 rings (SSSR count). The number of hydrogen-bond acceptors (Lipinski definition) is 6. The molecule has 0 saturated carbocycles. The average Bonchev–Trinajstić information content (AvgIpc) is 3.39. The fourth-order valence-corrected chi connectivity index (χ4v) is 4.92. The van der Waals surface area contributed by atoms with Crippen LogP contribution in [0.2, 0.25) is 0 Å². The lowest BCUT2D eigenvalue weighted by Crippen LogP contribution is -2.37. The van der Waals surface area contributed by atoms with Gasteiger partial charge in [0.15, 0.2) is 5.13 Å². The molecule has 3 aromatic rings. The molecule has 156 valence electrons. The summed E-state index contributed by atoms with van der Waals surface area (Å²) in [5.41, 5.74) is 3.66. The van der Waals surface area contributed by atoms with Gasteiger partial charge < -0.3 is 4.74 Å². The van der Waals surface area contributed by atoms with Gasteiger partial charge in [0.1, 0.15) is 0 Å². The van der Waals surface area contributed by atoms with E-state index in [2.05, 4.69) is 6.07 Å². The van der Waals surface area contributed by atoms with Crippen molar-refractivity contribution in [2.75, 3.05) is 18.1 Å². The number of nitro groups is 1. The number of carbonyl (C=O) groups is 1. The Morgan fingerprint density at radius 3 is 2.70 bits per heavy atom. The summed E-state index contributed by atoms with van der Waals surface area (Å²) in [6.45, 7) is 6.70. The number of nitrogens with zero attached hydrogens (tertiary/aromatic N) is 3. The van der Waals surface area contributed by atoms with Crippen molar-refractivity contribution < 1.29 is 14.5 Å². The summed E-state index contributed by atoms with van der Waals surface area (Å²) in [6.07, 6.45) is 1.77. The molecule has 0 bridgehead atoms. The number of anilines is 1. The molecule has 1 saturated heterocycles. The topological polar surface area (TPSA) is 85.6 Å². The standard InChI is InChI=1S/C22H23N3O4S/c1-13-9-10-14(2)20-19(13)23-22(30-20)24(12-16-6-5-11-29-16)21(26)17-7-4-8-18(15(17)3)25(27)28/h4,7-10,16H,5-6,11-12H2,1-3H3. The van der Waals surface area contributed by atoms with Crippen molar-refractivity contribution in [3.63, 3.8) is 0 Å². The van der Waals surface area contributed by atoms with Crippen molar-refractivity contribution >= 4 is 38.3 Å². The van der Waals surface area contributed by atoms with Crippen LogP contribution >= 0.6 is 11.3 Å². The highest BCUT2D eigenvalue weighted by Gasteiger charge is 2.29. The second-order valence-corrected chi connectivity index (χ2v) is 8.61. The van der Waals surface area contributed by atoms with Gasteiger partial charge in [-0.25, -0.2) is 4.98 Å². The zero-order chi connectivity index (χ0) is 21.4. The maximum absolute atomic E-state index is 13.6. The highest BCUT2D eigenvalue weighted by atomic mass is 32.1. The van der Waals surface area contributed by atoms with Gasteiger partial charge in [0.25, 0.3) is 11.6 Å². The van der Waals surface area contributed by atoms with Crippen LogP contribution in [0.15, 0.2) is 30.3 Å². The number of ether oxygens (including phenoxy) is 1. The van der Waals surface area contributed by atoms with Crippen molar-refractivity contribution in [1.82, 2.24) is 4.98 Å². The van der Waals surface area contributed by atoms with Crippen LogP contribution in [0.4, 0.5) is 10.8 Å². The van der Waals surface area contributed by atoms with E-state index in [1.807, 2.05) is 19.9 Å². The minimum absolute atomic E-state index is 0.0612. The zero-order valence-corrected chi connectivity index (χ0v) is 18.0. The number of fused-ring (bicyclic) bond motifs is 1. The lowest BCUT2D eigenvalue weighted by atomic mass is 10.1. The Morgan fingerprint density at radius 1 is 1.27 bits per heavy atom. The second-order valence-electron chi connectivity index (χ2n) is 7.63. The van der Waals surface area contributed by atoms with Gasteiger partial charge in [-0.05, 0) is 50.8 Å². The first kappa shape index (κ1) is 20.4. The summed E-state index contributed by atoms with van der Waals surface area (Å²) in [7, 11) is 0. The van der Waals surface area contributed by atoms with Gasteiger partial charge in [-0.15, -0.1) is 0 Å². The van der Waals surface area contributed by atoms with Crippen LogP contribution in [-0.4, -0.2) is 35.1 Å². The quantitative estimate of drug-likeness (QED) is 0.426. The largest absolute Gasteiger partial charge is 0.376 e. The van der Waals surface area contributed by atoms with E-state index in [1.54, 1.807) is 24.0 Å². The normalized spacial score (nSPS) is 16.2. The third-order valence-corrected chi connectivity index (χ3v) is 6.76. The highest BCUT2D eigenvalue weighted by Crippen LogP contribution is 2.35. The first-order valence-corrected chi connectivity index (χ1v) is 10.7. The lowest BCUT2D eigenvalue weighted by Gasteiger charge is -2.23. The van der Waals surface area contributed by atoms with Crippen LogP contribution in [0.3, 0.4) is 0 Å². The molecule has 1 atom stereocenters. The SMILES string of the molecule is Cc1c(C(=O)N(CC2CCCO2)c2nc3c(C)ccc(C)c3s2)cccc1[N+](=O)[O-]. The molecule has 8 heteroatoms. The van der Waals surface area contributed by atoms with Crippen LogP contribution in [0.5, 0.6) is 0 Å². The minimum atomic E-state index is -0.457. The molecule has 0 N–H and O–H groups in total. The molecule has 0 spiro atoms. The summed E-state index contributed by atoms with van der Waals surface area (Å²) >= 11 is 1.47. The number of amides is 1. The number of nitro benzene ring substituents is 1. The van der Waals surface area contributed by atoms with Gasteiger partial charge in [-0.2, -0.15) is 0 Å². The molecule has 2 heterocycles. The van der Waals surface area contributed by atoms with Gasteiger partial charge in [0.05, 0.1) is 27.8 Å². The van der Waals surface area contributed by atoms with Crippen LogP contribution < -0.4 is 4.90 Å². The second kappa shape index (κ2) is 8.12. The molecule has 1 aliphatic rings. The number of aryl methyl sites for hydroxylation is 2. The van der Waals surface area contributed by atoms with E-state index >= 15 is 0 Å². The summed E-state index contributed by atoms with van der Waals surface area (Å²) in [6, 6.07) is 8.68. The monoisotopic (exact) mass is 425 g/mol. The maximum atomic E-state index is 13.6. The van der Waals surface area contributed by atoms with E-state index in [9.17, 15) is 14.9 Å². The Hall–Kier alpha value is -2.84. The van der Waals surface area contributed by atoms with Crippen molar-refractivity contribution in [2.45, 2.75) is 39.7 Å². The van der Waals surface area contributed by atoms with Gasteiger partial charge in [0, 0.05) is 23.8 Å². The Morgan fingerprint density at radius 2 is 2.03 bits per heavy atom. The molecule has 0 radical (unpaired) electrons. The lowest BCUT2D eigenvalue weighted by molar-refractivity contribution is -0.385. The maximum Gasteiger partial charge on any atom is 0.273 e.